The summed E-state index contributed by atoms with van der Waals surface area (Å²) in [7, 11) is 0. The highest BCUT2D eigenvalue weighted by atomic mass is 14.9. The number of hydrogen-bond donors (Lipinski definition) is 2. The summed E-state index contributed by atoms with van der Waals surface area (Å²) in [6.07, 6.45) is 10.1. The van der Waals surface area contributed by atoms with Crippen molar-refractivity contribution >= 4 is 12.4 Å². The third-order valence-electron chi connectivity index (χ3n) is 3.15. The Morgan fingerprint density at radius 2 is 2.44 bits per heavy atom. The van der Waals surface area contributed by atoms with Crippen molar-refractivity contribution in [2.75, 3.05) is 0 Å². The quantitative estimate of drug-likeness (QED) is 0.698. The average Bonchev–Trinajstić information content (AvgIpc) is 2.42. The zero-order valence-corrected chi connectivity index (χ0v) is 9.70. The zero-order chi connectivity index (χ0) is 11.5. The molecule has 3 rings (SSSR count). The van der Waals surface area contributed by atoms with E-state index in [-0.39, 0.29) is 6.04 Å². The van der Waals surface area contributed by atoms with Crippen molar-refractivity contribution in [1.29, 1.82) is 5.41 Å². The Kier molecular flexibility index (Phi) is 3.04. The van der Waals surface area contributed by atoms with E-state index in [9.17, 15) is 0 Å². The van der Waals surface area contributed by atoms with Crippen molar-refractivity contribution in [3.05, 3.63) is 35.2 Å². The molecule has 2 N–H and O–H groups in total. The van der Waals surface area contributed by atoms with Crippen LogP contribution in [-0.2, 0) is 0 Å². The molecule has 84 valence electrons. The second-order valence-corrected chi connectivity index (χ2v) is 4.15. The number of nitrogens with zero attached hydrogens (tertiary/aromatic N) is 1. The van der Waals surface area contributed by atoms with Crippen molar-refractivity contribution in [2.45, 2.75) is 26.3 Å². The van der Waals surface area contributed by atoms with Gasteiger partial charge in [-0.05, 0) is 35.6 Å². The lowest BCUT2D eigenvalue weighted by atomic mass is 9.79. The second-order valence-electron chi connectivity index (χ2n) is 4.15. The van der Waals surface area contributed by atoms with Gasteiger partial charge < -0.3 is 10.7 Å². The number of rotatable bonds is 3. The van der Waals surface area contributed by atoms with Gasteiger partial charge in [-0.3, -0.25) is 4.99 Å². The van der Waals surface area contributed by atoms with Crippen LogP contribution in [0.3, 0.4) is 0 Å². The van der Waals surface area contributed by atoms with Crippen LogP contribution in [-0.4, -0.2) is 18.5 Å². The van der Waals surface area contributed by atoms with Gasteiger partial charge in [-0.15, -0.1) is 0 Å². The smallest absolute Gasteiger partial charge is 0.110 e. The van der Waals surface area contributed by atoms with Gasteiger partial charge in [0.1, 0.15) is 6.04 Å². The van der Waals surface area contributed by atoms with Crippen LogP contribution in [0.1, 0.15) is 20.3 Å². The van der Waals surface area contributed by atoms with Gasteiger partial charge in [-0.1, -0.05) is 13.8 Å². The fraction of sp³-hybridized carbons (Fsp3) is 0.385. The summed E-state index contributed by atoms with van der Waals surface area (Å²) in [5, 5.41) is 10.7. The lowest BCUT2D eigenvalue weighted by Crippen LogP contribution is -2.26. The van der Waals surface area contributed by atoms with Crippen molar-refractivity contribution in [2.24, 2.45) is 10.9 Å². The van der Waals surface area contributed by atoms with E-state index in [4.69, 9.17) is 5.41 Å². The topological polar surface area (TPSA) is 48.2 Å². The van der Waals surface area contributed by atoms with Crippen molar-refractivity contribution in [3.63, 3.8) is 0 Å². The standard InChI is InChI=1S/C13H17N3/c1-3-9(2)13-10-7-11(13)15-5-4-6-16-12(10)8-14/h4-9,12,14-15H,3H2,1-2H3/b5-4+,14-8?,16-6-/t9-,12?/m0/s1. The minimum absolute atomic E-state index is 0.114. The van der Waals surface area contributed by atoms with Crippen LogP contribution in [0.2, 0.25) is 0 Å². The van der Waals surface area contributed by atoms with Crippen LogP contribution in [0.4, 0.5) is 0 Å². The first-order chi connectivity index (χ1) is 7.77. The molecule has 0 saturated carbocycles. The van der Waals surface area contributed by atoms with Crippen LogP contribution >= 0.6 is 0 Å². The van der Waals surface area contributed by atoms with E-state index in [1.165, 1.54) is 23.1 Å². The van der Waals surface area contributed by atoms with Crippen molar-refractivity contribution < 1.29 is 0 Å². The maximum atomic E-state index is 7.43. The van der Waals surface area contributed by atoms with Gasteiger partial charge in [-0.2, -0.15) is 0 Å². The summed E-state index contributed by atoms with van der Waals surface area (Å²) >= 11 is 0. The van der Waals surface area contributed by atoms with Crippen molar-refractivity contribution in [1.82, 2.24) is 5.32 Å². The Labute approximate surface area is 96.2 Å². The maximum Gasteiger partial charge on any atom is 0.110 e. The lowest BCUT2D eigenvalue weighted by molar-refractivity contribution is 0.634. The summed E-state index contributed by atoms with van der Waals surface area (Å²) < 4.78 is 0. The Morgan fingerprint density at radius 1 is 1.62 bits per heavy atom. The van der Waals surface area contributed by atoms with E-state index in [1.807, 2.05) is 12.3 Å². The fourth-order valence-electron chi connectivity index (χ4n) is 2.04. The number of allylic oxidation sites excluding steroid dienone is 2. The highest BCUT2D eigenvalue weighted by Crippen LogP contribution is 2.36. The molecule has 2 aliphatic heterocycles. The highest BCUT2D eigenvalue weighted by Gasteiger charge is 2.28. The molecule has 3 nitrogen and oxygen atoms in total. The Balaban J connectivity index is 2.32. The molecule has 2 atom stereocenters. The molecule has 0 spiro atoms. The molecule has 0 aromatic carbocycles. The summed E-state index contributed by atoms with van der Waals surface area (Å²) in [6, 6.07) is -0.114. The number of fused-ring (bicyclic) bond motifs is 3. The molecule has 0 aromatic rings. The largest absolute Gasteiger partial charge is 0.361 e. The van der Waals surface area contributed by atoms with E-state index >= 15 is 0 Å². The maximum absolute atomic E-state index is 7.43. The van der Waals surface area contributed by atoms with Crippen LogP contribution in [0.15, 0.2) is 40.2 Å². The van der Waals surface area contributed by atoms with E-state index in [2.05, 4.69) is 30.2 Å². The summed E-state index contributed by atoms with van der Waals surface area (Å²) in [5.74, 6) is 0.520. The molecule has 0 saturated heterocycles. The first-order valence-electron chi connectivity index (χ1n) is 5.69. The molecule has 3 aliphatic rings. The molecule has 0 radical (unpaired) electrons. The molecule has 0 fully saturated rings. The summed E-state index contributed by atoms with van der Waals surface area (Å²) in [5.41, 5.74) is 3.70. The van der Waals surface area contributed by atoms with Gasteiger partial charge in [0.15, 0.2) is 0 Å². The predicted octanol–water partition coefficient (Wildman–Crippen LogP) is 2.43. The average molecular weight is 215 g/mol. The molecule has 0 aromatic heterocycles. The van der Waals surface area contributed by atoms with E-state index in [0.29, 0.717) is 5.92 Å². The number of hydrogen-bond acceptors (Lipinski definition) is 3. The van der Waals surface area contributed by atoms with Gasteiger partial charge >= 0.3 is 0 Å². The van der Waals surface area contributed by atoms with Gasteiger partial charge in [-0.25, -0.2) is 0 Å². The molecule has 2 heterocycles. The molecule has 1 aliphatic carbocycles. The van der Waals surface area contributed by atoms with Crippen LogP contribution in [0, 0.1) is 11.3 Å². The third kappa shape index (κ3) is 1.73. The number of nitrogens with one attached hydrogen (secondary N) is 2. The molecular weight excluding hydrogens is 198 g/mol. The minimum Gasteiger partial charge on any atom is -0.361 e. The van der Waals surface area contributed by atoms with Gasteiger partial charge in [0.2, 0.25) is 0 Å². The Morgan fingerprint density at radius 3 is 3.12 bits per heavy atom. The molecule has 16 heavy (non-hydrogen) atoms. The minimum atomic E-state index is -0.114. The summed E-state index contributed by atoms with van der Waals surface area (Å²) in [4.78, 5) is 4.35. The van der Waals surface area contributed by atoms with Gasteiger partial charge in [0.25, 0.3) is 0 Å². The van der Waals surface area contributed by atoms with E-state index < -0.39 is 0 Å². The first kappa shape index (κ1) is 10.9. The Hall–Kier alpha value is -1.64. The van der Waals surface area contributed by atoms with Crippen LogP contribution < -0.4 is 5.32 Å². The van der Waals surface area contributed by atoms with Gasteiger partial charge in [0.05, 0.1) is 0 Å². The molecule has 3 heteroatoms. The fourth-order valence-corrected chi connectivity index (χ4v) is 2.04. The monoisotopic (exact) mass is 215 g/mol. The van der Waals surface area contributed by atoms with E-state index in [1.54, 1.807) is 6.21 Å². The molecular formula is C13H17N3. The molecule has 2 bridgehead atoms. The highest BCUT2D eigenvalue weighted by molar-refractivity contribution is 5.80. The zero-order valence-electron chi connectivity index (χ0n) is 9.70. The van der Waals surface area contributed by atoms with Crippen LogP contribution in [0.5, 0.6) is 0 Å². The lowest BCUT2D eigenvalue weighted by Gasteiger charge is -2.30. The normalized spacial score (nSPS) is 28.6. The molecule has 0 amide bonds. The number of aliphatic imine (C=N–C) groups is 1. The van der Waals surface area contributed by atoms with Crippen molar-refractivity contribution in [3.8, 4) is 0 Å². The Bertz CT molecular complexity index is 413. The van der Waals surface area contributed by atoms with Gasteiger partial charge in [0, 0.05) is 24.3 Å². The second kappa shape index (κ2) is 4.47. The molecule has 1 unspecified atom stereocenters. The predicted molar refractivity (Wildman–Crippen MR) is 67.9 cm³/mol. The van der Waals surface area contributed by atoms with E-state index in [0.717, 1.165) is 6.42 Å². The van der Waals surface area contributed by atoms with Crippen LogP contribution in [0.25, 0.3) is 0 Å². The summed E-state index contributed by atoms with van der Waals surface area (Å²) in [6.45, 7) is 4.40. The SMILES string of the molecule is CC[C@H](C)C1=C2C=C1C(C=N)/N=C\C=C\N2. The first-order valence-corrected chi connectivity index (χ1v) is 5.69. The third-order valence-corrected chi connectivity index (χ3v) is 3.15.